The summed E-state index contributed by atoms with van der Waals surface area (Å²) >= 11 is 0. The van der Waals surface area contributed by atoms with Gasteiger partial charge in [0.25, 0.3) is 0 Å². The van der Waals surface area contributed by atoms with Gasteiger partial charge in [-0.3, -0.25) is 4.79 Å². The summed E-state index contributed by atoms with van der Waals surface area (Å²) in [6.07, 6.45) is 4.52. The largest absolute Gasteiger partial charge is 0.345 e. The minimum absolute atomic E-state index is 0.318. The number of hydrogen-bond donors (Lipinski definition) is 1. The SMILES string of the molecule is O=Cc1nc(=O)[nH]c2c1CCCC2. The fraction of sp³-hybridized carbons (Fsp3) is 0.444. The first-order chi connectivity index (χ1) is 6.31. The Morgan fingerprint density at radius 3 is 2.85 bits per heavy atom. The number of aromatic amines is 1. The molecule has 0 unspecified atom stereocenters. The lowest BCUT2D eigenvalue weighted by Gasteiger charge is -2.15. The molecule has 0 saturated heterocycles. The van der Waals surface area contributed by atoms with Crippen molar-refractivity contribution >= 4 is 6.29 Å². The van der Waals surface area contributed by atoms with Crippen LogP contribution < -0.4 is 5.69 Å². The first-order valence-corrected chi connectivity index (χ1v) is 4.38. The topological polar surface area (TPSA) is 62.8 Å². The van der Waals surface area contributed by atoms with Crippen LogP contribution in [0.1, 0.15) is 34.6 Å². The van der Waals surface area contributed by atoms with Crippen LogP contribution in [0.5, 0.6) is 0 Å². The molecule has 4 heteroatoms. The third-order valence-electron chi connectivity index (χ3n) is 2.37. The maximum absolute atomic E-state index is 11.0. The average Bonchev–Trinajstić information content (AvgIpc) is 2.16. The van der Waals surface area contributed by atoms with Crippen LogP contribution in [0.3, 0.4) is 0 Å². The molecule has 0 saturated carbocycles. The summed E-state index contributed by atoms with van der Waals surface area (Å²) < 4.78 is 0. The van der Waals surface area contributed by atoms with Crippen LogP contribution in [0.25, 0.3) is 0 Å². The second kappa shape index (κ2) is 3.12. The highest BCUT2D eigenvalue weighted by molar-refractivity contribution is 5.74. The minimum atomic E-state index is -0.414. The van der Waals surface area contributed by atoms with E-state index in [2.05, 4.69) is 9.97 Å². The molecule has 1 aliphatic carbocycles. The third-order valence-corrected chi connectivity index (χ3v) is 2.37. The van der Waals surface area contributed by atoms with Crippen LogP contribution in [0.4, 0.5) is 0 Å². The molecular formula is C9H10N2O2. The number of nitrogens with one attached hydrogen (secondary N) is 1. The Kier molecular flexibility index (Phi) is 1.96. The average molecular weight is 178 g/mol. The van der Waals surface area contributed by atoms with Gasteiger partial charge in [0.15, 0.2) is 6.29 Å². The number of rotatable bonds is 1. The van der Waals surface area contributed by atoms with Crippen molar-refractivity contribution in [1.29, 1.82) is 0 Å². The molecule has 0 atom stereocenters. The summed E-state index contributed by atoms with van der Waals surface area (Å²) in [5.41, 5.74) is 1.73. The molecule has 0 bridgehead atoms. The van der Waals surface area contributed by atoms with Gasteiger partial charge in [0.05, 0.1) is 0 Å². The van der Waals surface area contributed by atoms with E-state index in [4.69, 9.17) is 0 Å². The van der Waals surface area contributed by atoms with Crippen molar-refractivity contribution in [3.8, 4) is 0 Å². The summed E-state index contributed by atoms with van der Waals surface area (Å²) in [5, 5.41) is 0. The number of fused-ring (bicyclic) bond motifs is 1. The van der Waals surface area contributed by atoms with E-state index >= 15 is 0 Å². The molecule has 1 heterocycles. The molecule has 1 aromatic heterocycles. The van der Waals surface area contributed by atoms with Crippen LogP contribution in [-0.2, 0) is 12.8 Å². The second-order valence-corrected chi connectivity index (χ2v) is 3.21. The van der Waals surface area contributed by atoms with E-state index in [1.165, 1.54) is 0 Å². The Hall–Kier alpha value is -1.45. The van der Waals surface area contributed by atoms with Gasteiger partial charge in [-0.1, -0.05) is 0 Å². The first kappa shape index (κ1) is 8.16. The van der Waals surface area contributed by atoms with E-state index in [-0.39, 0.29) is 0 Å². The van der Waals surface area contributed by atoms with Gasteiger partial charge >= 0.3 is 5.69 Å². The number of aldehydes is 1. The molecular weight excluding hydrogens is 168 g/mol. The maximum atomic E-state index is 11.0. The van der Waals surface area contributed by atoms with Gasteiger partial charge in [0, 0.05) is 11.3 Å². The molecule has 2 rings (SSSR count). The minimum Gasteiger partial charge on any atom is -0.309 e. The molecule has 0 aromatic carbocycles. The third kappa shape index (κ3) is 1.39. The number of H-pyrrole nitrogens is 1. The predicted molar refractivity (Wildman–Crippen MR) is 46.9 cm³/mol. The van der Waals surface area contributed by atoms with Crippen molar-refractivity contribution in [2.24, 2.45) is 0 Å². The van der Waals surface area contributed by atoms with Gasteiger partial charge in [-0.05, 0) is 25.7 Å². The van der Waals surface area contributed by atoms with Gasteiger partial charge in [-0.2, -0.15) is 4.98 Å². The quantitative estimate of drug-likeness (QED) is 0.635. The second-order valence-electron chi connectivity index (χ2n) is 3.21. The number of nitrogens with zero attached hydrogens (tertiary/aromatic N) is 1. The van der Waals surface area contributed by atoms with E-state index in [0.717, 1.165) is 36.9 Å². The van der Waals surface area contributed by atoms with E-state index in [9.17, 15) is 9.59 Å². The van der Waals surface area contributed by atoms with Gasteiger partial charge in [0.1, 0.15) is 5.69 Å². The van der Waals surface area contributed by atoms with E-state index in [1.54, 1.807) is 0 Å². The van der Waals surface area contributed by atoms with Gasteiger partial charge < -0.3 is 4.98 Å². The lowest BCUT2D eigenvalue weighted by atomic mass is 9.95. The zero-order valence-electron chi connectivity index (χ0n) is 7.17. The van der Waals surface area contributed by atoms with Crippen LogP contribution >= 0.6 is 0 Å². The lowest BCUT2D eigenvalue weighted by molar-refractivity contribution is 0.111. The molecule has 1 aliphatic rings. The van der Waals surface area contributed by atoms with Crippen LogP contribution in [-0.4, -0.2) is 16.3 Å². The van der Waals surface area contributed by atoms with Crippen molar-refractivity contribution in [3.05, 3.63) is 27.4 Å². The van der Waals surface area contributed by atoms with Crippen molar-refractivity contribution in [2.75, 3.05) is 0 Å². The van der Waals surface area contributed by atoms with Crippen molar-refractivity contribution in [1.82, 2.24) is 9.97 Å². The molecule has 0 spiro atoms. The normalized spacial score (nSPS) is 15.1. The molecule has 0 aliphatic heterocycles. The number of aryl methyl sites for hydroxylation is 1. The summed E-state index contributed by atoms with van der Waals surface area (Å²) in [5.74, 6) is 0. The van der Waals surface area contributed by atoms with E-state index in [1.807, 2.05) is 0 Å². The van der Waals surface area contributed by atoms with Gasteiger partial charge in [-0.15, -0.1) is 0 Å². The van der Waals surface area contributed by atoms with Crippen molar-refractivity contribution in [3.63, 3.8) is 0 Å². The highest BCUT2D eigenvalue weighted by Gasteiger charge is 2.14. The Morgan fingerprint density at radius 2 is 2.08 bits per heavy atom. The van der Waals surface area contributed by atoms with Crippen LogP contribution in [0, 0.1) is 0 Å². The highest BCUT2D eigenvalue weighted by atomic mass is 16.1. The smallest absolute Gasteiger partial charge is 0.309 e. The standard InChI is InChI=1S/C9H10N2O2/c12-5-8-6-3-1-2-4-7(6)10-9(13)11-8/h5H,1-4H2,(H,10,11,13). The van der Waals surface area contributed by atoms with E-state index < -0.39 is 5.69 Å². The van der Waals surface area contributed by atoms with Gasteiger partial charge in [-0.25, -0.2) is 4.79 Å². The van der Waals surface area contributed by atoms with Crippen molar-refractivity contribution < 1.29 is 4.79 Å². The fourth-order valence-corrected chi connectivity index (χ4v) is 1.76. The first-order valence-electron chi connectivity index (χ1n) is 4.38. The monoisotopic (exact) mass is 178 g/mol. The molecule has 68 valence electrons. The molecule has 0 fully saturated rings. The van der Waals surface area contributed by atoms with Gasteiger partial charge in [0.2, 0.25) is 0 Å². The molecule has 1 aromatic rings. The van der Waals surface area contributed by atoms with Crippen molar-refractivity contribution in [2.45, 2.75) is 25.7 Å². The summed E-state index contributed by atoms with van der Waals surface area (Å²) in [7, 11) is 0. The van der Waals surface area contributed by atoms with Crippen LogP contribution in [0.15, 0.2) is 4.79 Å². The molecule has 13 heavy (non-hydrogen) atoms. The zero-order chi connectivity index (χ0) is 9.26. The zero-order valence-corrected chi connectivity index (χ0v) is 7.17. The predicted octanol–water partition coefficient (Wildman–Crippen LogP) is 0.461. The molecule has 0 radical (unpaired) electrons. The fourth-order valence-electron chi connectivity index (χ4n) is 1.76. The summed E-state index contributed by atoms with van der Waals surface area (Å²) in [6, 6.07) is 0. The Bertz CT molecular complexity index is 395. The van der Waals surface area contributed by atoms with Crippen LogP contribution in [0.2, 0.25) is 0 Å². The molecule has 4 nitrogen and oxygen atoms in total. The summed E-state index contributed by atoms with van der Waals surface area (Å²) in [4.78, 5) is 27.9. The lowest BCUT2D eigenvalue weighted by Crippen LogP contribution is -2.21. The number of aromatic nitrogens is 2. The number of hydrogen-bond acceptors (Lipinski definition) is 3. The molecule has 1 N–H and O–H groups in total. The maximum Gasteiger partial charge on any atom is 0.345 e. The highest BCUT2D eigenvalue weighted by Crippen LogP contribution is 2.18. The van der Waals surface area contributed by atoms with E-state index in [0.29, 0.717) is 12.0 Å². The molecule has 0 amide bonds. The summed E-state index contributed by atoms with van der Waals surface area (Å²) in [6.45, 7) is 0. The Balaban J connectivity index is 2.63. The Labute approximate surface area is 75.0 Å². The number of carbonyl (C=O) groups excluding carboxylic acids is 1. The Morgan fingerprint density at radius 1 is 1.31 bits per heavy atom. The number of carbonyl (C=O) groups is 1.